The van der Waals surface area contributed by atoms with Gasteiger partial charge < -0.3 is 9.80 Å². The molecule has 0 bridgehead atoms. The van der Waals surface area contributed by atoms with Gasteiger partial charge in [-0.05, 0) is 94.3 Å². The lowest BCUT2D eigenvalue weighted by Crippen LogP contribution is -2.23. The molecule has 186 valence electrons. The fourth-order valence-corrected chi connectivity index (χ4v) is 4.91. The highest BCUT2D eigenvalue weighted by Gasteiger charge is 2.09. The van der Waals surface area contributed by atoms with E-state index in [0.717, 1.165) is 47.6 Å². The number of aromatic nitrogens is 2. The fraction of sp³-hybridized carbons (Fsp3) is 0.308. The Morgan fingerprint density at radius 3 is 1.33 bits per heavy atom. The molecule has 0 spiro atoms. The first-order valence-corrected chi connectivity index (χ1v) is 13.6. The molecule has 2 aromatic heterocycles. The lowest BCUT2D eigenvalue weighted by atomic mass is 10.2. The number of azo groups is 2. The second-order valence-electron chi connectivity index (χ2n) is 8.58. The Kier molecular flexibility index (Phi) is 8.85. The van der Waals surface area contributed by atoms with Crippen LogP contribution in [0, 0.1) is 0 Å². The zero-order valence-corrected chi connectivity index (χ0v) is 22.8. The van der Waals surface area contributed by atoms with Gasteiger partial charge in [0, 0.05) is 49.3 Å². The van der Waals surface area contributed by atoms with E-state index in [1.807, 2.05) is 70.6 Å². The molecule has 0 amide bonds. The predicted octanol–water partition coefficient (Wildman–Crippen LogP) is 6.64. The van der Waals surface area contributed by atoms with Gasteiger partial charge >= 0.3 is 10.3 Å². The molecule has 4 rings (SSSR count). The van der Waals surface area contributed by atoms with E-state index in [0.29, 0.717) is 0 Å². The first-order valence-electron chi connectivity index (χ1n) is 11.8. The van der Waals surface area contributed by atoms with Crippen molar-refractivity contribution >= 4 is 55.7 Å². The molecule has 2 aromatic carbocycles. The summed E-state index contributed by atoms with van der Waals surface area (Å²) in [5, 5.41) is 23.1. The number of unbranched alkanes of at least 4 members (excludes halogenated alkanes) is 1. The van der Waals surface area contributed by atoms with Crippen LogP contribution in [0.4, 0.5) is 33.0 Å². The Labute approximate surface area is 220 Å². The molecule has 8 nitrogen and oxygen atoms in total. The number of hydrogen-bond donors (Lipinski definition) is 0. The largest absolute Gasteiger partial charge is 0.408 e. The second kappa shape index (κ2) is 12.5. The lowest BCUT2D eigenvalue weighted by molar-refractivity contribution is -0.654. The van der Waals surface area contributed by atoms with E-state index in [-0.39, 0.29) is 0 Å². The number of anilines is 2. The smallest absolute Gasteiger partial charge is 0.375 e. The molecule has 0 aliphatic heterocycles. The third kappa shape index (κ3) is 7.02. The molecule has 0 saturated heterocycles. The third-order valence-corrected chi connectivity index (χ3v) is 7.52. The summed E-state index contributed by atoms with van der Waals surface area (Å²) in [7, 11) is 8.21. The van der Waals surface area contributed by atoms with Crippen LogP contribution < -0.4 is 18.9 Å². The topological polar surface area (TPSA) is 63.7 Å². The van der Waals surface area contributed by atoms with E-state index < -0.39 is 0 Å². The van der Waals surface area contributed by atoms with Crippen LogP contribution in [-0.4, -0.2) is 27.2 Å². The van der Waals surface area contributed by atoms with Crippen molar-refractivity contribution < 1.29 is 9.13 Å². The van der Waals surface area contributed by atoms with E-state index in [4.69, 9.17) is 0 Å². The summed E-state index contributed by atoms with van der Waals surface area (Å²) in [5.74, 6) is 0. The van der Waals surface area contributed by atoms with Crippen LogP contribution in [-0.2, 0) is 14.1 Å². The van der Waals surface area contributed by atoms with Crippen LogP contribution in [0.2, 0.25) is 0 Å². The molecular weight excluding hydrogens is 488 g/mol. The zero-order chi connectivity index (χ0) is 25.3. The van der Waals surface area contributed by atoms with Crippen molar-refractivity contribution in [2.75, 3.05) is 37.0 Å². The Balaban J connectivity index is 1.19. The maximum absolute atomic E-state index is 4.34. The monoisotopic (exact) mass is 520 g/mol. The molecular formula is C26H32N8S2+2. The van der Waals surface area contributed by atoms with Crippen LogP contribution in [0.1, 0.15) is 12.8 Å². The maximum Gasteiger partial charge on any atom is 0.408 e. The van der Waals surface area contributed by atoms with Crippen LogP contribution in [0.5, 0.6) is 0 Å². The minimum absolute atomic E-state index is 0.857. The van der Waals surface area contributed by atoms with Crippen molar-refractivity contribution in [3.05, 3.63) is 71.7 Å². The summed E-state index contributed by atoms with van der Waals surface area (Å²) in [6, 6.07) is 16.5. The summed E-state index contributed by atoms with van der Waals surface area (Å²) >= 11 is 3.15. The molecule has 0 unspecified atom stereocenters. The zero-order valence-electron chi connectivity index (χ0n) is 21.2. The molecule has 0 radical (unpaired) electrons. The van der Waals surface area contributed by atoms with Crippen molar-refractivity contribution in [1.82, 2.24) is 0 Å². The van der Waals surface area contributed by atoms with Gasteiger partial charge in [-0.3, -0.25) is 0 Å². The van der Waals surface area contributed by atoms with Crippen molar-refractivity contribution in [2.24, 2.45) is 34.6 Å². The SMILES string of the molecule is CN(CCCCN(C)c1ccc(N=Nc2scc[n+]2C)cc1)c1ccc(N=Nc2scc[n+]2C)cc1. The Bertz CT molecular complexity index is 1190. The predicted molar refractivity (Wildman–Crippen MR) is 148 cm³/mol. The first-order chi connectivity index (χ1) is 17.5. The summed E-state index contributed by atoms with van der Waals surface area (Å²) in [4.78, 5) is 4.57. The van der Waals surface area contributed by atoms with Crippen LogP contribution in [0.25, 0.3) is 0 Å². The highest BCUT2D eigenvalue weighted by molar-refractivity contribution is 7.13. The van der Waals surface area contributed by atoms with Crippen molar-refractivity contribution in [2.45, 2.75) is 12.8 Å². The fourth-order valence-electron chi connectivity index (χ4n) is 3.55. The van der Waals surface area contributed by atoms with Gasteiger partial charge in [-0.15, -0.1) is 0 Å². The van der Waals surface area contributed by atoms with Crippen molar-refractivity contribution in [3.63, 3.8) is 0 Å². The number of thiazole rings is 2. The van der Waals surface area contributed by atoms with E-state index >= 15 is 0 Å². The van der Waals surface area contributed by atoms with Gasteiger partial charge in [-0.1, -0.05) is 0 Å². The molecule has 4 aromatic rings. The maximum atomic E-state index is 4.34. The quantitative estimate of drug-likeness (QED) is 0.126. The van der Waals surface area contributed by atoms with Gasteiger partial charge in [0.15, 0.2) is 0 Å². The van der Waals surface area contributed by atoms with E-state index in [9.17, 15) is 0 Å². The molecule has 0 aliphatic rings. The standard InChI is InChI=1S/C26H32N8S2/c1-31(23-11-7-21(8-12-23)27-29-25-33(3)17-19-35-25)15-5-6-16-32(2)24-13-9-22(10-14-24)28-30-26-34(4)18-20-36-26/h7-14,17-20H,5-6,15-16H2,1-4H3/q+2. The molecule has 36 heavy (non-hydrogen) atoms. The lowest BCUT2D eigenvalue weighted by Gasteiger charge is -2.22. The highest BCUT2D eigenvalue weighted by atomic mass is 32.1. The minimum Gasteiger partial charge on any atom is -0.375 e. The summed E-state index contributed by atoms with van der Waals surface area (Å²) in [5.41, 5.74) is 4.08. The number of benzene rings is 2. The van der Waals surface area contributed by atoms with Crippen LogP contribution in [0.15, 0.2) is 92.1 Å². The number of aryl methyl sites for hydroxylation is 2. The molecule has 2 heterocycles. The van der Waals surface area contributed by atoms with Crippen LogP contribution in [0.3, 0.4) is 0 Å². The molecule has 0 fully saturated rings. The summed E-state index contributed by atoms with van der Waals surface area (Å²) < 4.78 is 3.92. The average Bonchev–Trinajstić information content (AvgIpc) is 3.51. The number of nitrogens with zero attached hydrogens (tertiary/aromatic N) is 8. The minimum atomic E-state index is 0.857. The van der Waals surface area contributed by atoms with Crippen LogP contribution >= 0.6 is 22.7 Å². The van der Waals surface area contributed by atoms with E-state index in [2.05, 4.69) is 68.6 Å². The Hall–Kier alpha value is -3.50. The van der Waals surface area contributed by atoms with E-state index in [1.54, 1.807) is 22.7 Å². The molecule has 0 aliphatic carbocycles. The summed E-state index contributed by atoms with van der Waals surface area (Å²) in [6.07, 6.45) is 6.18. The number of hydrogen-bond acceptors (Lipinski definition) is 8. The van der Waals surface area contributed by atoms with Gasteiger partial charge in [-0.2, -0.15) is 0 Å². The van der Waals surface area contributed by atoms with E-state index in [1.165, 1.54) is 11.4 Å². The highest BCUT2D eigenvalue weighted by Crippen LogP contribution is 2.24. The second-order valence-corrected chi connectivity index (χ2v) is 10.3. The first kappa shape index (κ1) is 25.6. The normalized spacial score (nSPS) is 11.6. The molecule has 10 heteroatoms. The average molecular weight is 521 g/mol. The van der Waals surface area contributed by atoms with Gasteiger partial charge in [0.05, 0.1) is 24.3 Å². The Morgan fingerprint density at radius 2 is 1.00 bits per heavy atom. The Morgan fingerprint density at radius 1 is 0.611 bits per heavy atom. The van der Waals surface area contributed by atoms with Gasteiger partial charge in [0.1, 0.15) is 23.8 Å². The van der Waals surface area contributed by atoms with Gasteiger partial charge in [-0.25, -0.2) is 9.13 Å². The van der Waals surface area contributed by atoms with Gasteiger partial charge in [0.2, 0.25) is 0 Å². The van der Waals surface area contributed by atoms with Gasteiger partial charge in [0.25, 0.3) is 0 Å². The van der Waals surface area contributed by atoms with Crippen molar-refractivity contribution in [1.29, 1.82) is 0 Å². The third-order valence-electron chi connectivity index (χ3n) is 5.84. The molecule has 0 saturated carbocycles. The van der Waals surface area contributed by atoms with Crippen molar-refractivity contribution in [3.8, 4) is 0 Å². The summed E-state index contributed by atoms with van der Waals surface area (Å²) in [6.45, 7) is 2.00. The molecule has 0 N–H and O–H groups in total. The molecule has 0 atom stereocenters. The number of rotatable bonds is 11.